The van der Waals surface area contributed by atoms with Gasteiger partial charge in [0.2, 0.25) is 0 Å². The molecule has 37 heavy (non-hydrogen) atoms. The predicted octanol–water partition coefficient (Wildman–Crippen LogP) is 6.74. The summed E-state index contributed by atoms with van der Waals surface area (Å²) in [6.07, 6.45) is 1.80. The summed E-state index contributed by atoms with van der Waals surface area (Å²) in [7, 11) is 0. The number of carboxylic acids is 1. The average molecular weight is 576 g/mol. The Morgan fingerprint density at radius 1 is 1.03 bits per heavy atom. The molecule has 0 bridgehead atoms. The van der Waals surface area contributed by atoms with E-state index in [-0.39, 0.29) is 17.6 Å². The van der Waals surface area contributed by atoms with Crippen LogP contribution in [-0.4, -0.2) is 25.7 Å². The molecular weight excluding hydrogens is 548 g/mol. The maximum absolute atomic E-state index is 11.7. The number of aromatic carboxylic acids is 1. The highest BCUT2D eigenvalue weighted by atomic mass is 79.9. The zero-order valence-electron chi connectivity index (χ0n) is 21.0. The maximum Gasteiger partial charge on any atom is 0.335 e. The Bertz CT molecular complexity index is 1530. The van der Waals surface area contributed by atoms with E-state index in [9.17, 15) is 9.90 Å². The molecule has 0 unspecified atom stereocenters. The first-order chi connectivity index (χ1) is 17.7. The van der Waals surface area contributed by atoms with Crippen molar-refractivity contribution >= 4 is 44.9 Å². The topological polar surface area (TPSA) is 70.4 Å². The fourth-order valence-electron chi connectivity index (χ4n) is 5.17. The van der Waals surface area contributed by atoms with E-state index in [1.54, 1.807) is 18.3 Å². The molecule has 4 aromatic rings. The van der Waals surface area contributed by atoms with Gasteiger partial charge in [0.25, 0.3) is 0 Å². The van der Waals surface area contributed by atoms with Crippen molar-refractivity contribution in [2.75, 3.05) is 4.90 Å². The van der Waals surface area contributed by atoms with Crippen molar-refractivity contribution in [3.05, 3.63) is 111 Å². The number of nitrogens with one attached hydrogen (secondary N) is 1. The van der Waals surface area contributed by atoms with E-state index < -0.39 is 5.97 Å². The van der Waals surface area contributed by atoms with E-state index in [1.165, 1.54) is 0 Å². The third-order valence-corrected chi connectivity index (χ3v) is 8.21. The van der Waals surface area contributed by atoms with Gasteiger partial charge in [-0.3, -0.25) is 4.98 Å². The average Bonchev–Trinajstić information content (AvgIpc) is 3.36. The van der Waals surface area contributed by atoms with Gasteiger partial charge in [0, 0.05) is 33.4 Å². The monoisotopic (exact) mass is 574 g/mol. The van der Waals surface area contributed by atoms with E-state index >= 15 is 0 Å². The fourth-order valence-corrected chi connectivity index (χ4v) is 5.76. The van der Waals surface area contributed by atoms with Gasteiger partial charge in [-0.05, 0) is 105 Å². The van der Waals surface area contributed by atoms with Crippen LogP contribution in [0.3, 0.4) is 0 Å². The van der Waals surface area contributed by atoms with Gasteiger partial charge in [0.15, 0.2) is 5.11 Å². The molecule has 0 amide bonds. The van der Waals surface area contributed by atoms with Crippen LogP contribution in [0.4, 0.5) is 5.69 Å². The van der Waals surface area contributed by atoms with Gasteiger partial charge in [-0.25, -0.2) is 4.79 Å². The van der Waals surface area contributed by atoms with Crippen LogP contribution in [0.25, 0.3) is 5.69 Å². The SMILES string of the molecule is Cc1cc(N2C(=S)N[C@H](c3ccccn3)[C@H]2c2cc(C)n(-c3cc(C(=O)O)ccc3C)c2C)ccc1Br. The summed E-state index contributed by atoms with van der Waals surface area (Å²) in [6.45, 7) is 8.19. The first-order valence-electron chi connectivity index (χ1n) is 12.0. The van der Waals surface area contributed by atoms with Crippen LogP contribution >= 0.6 is 28.1 Å². The molecule has 0 saturated carbocycles. The lowest BCUT2D eigenvalue weighted by Crippen LogP contribution is -2.29. The lowest BCUT2D eigenvalue weighted by atomic mass is 9.96. The van der Waals surface area contributed by atoms with Crippen molar-refractivity contribution < 1.29 is 9.90 Å². The van der Waals surface area contributed by atoms with Gasteiger partial charge in [-0.15, -0.1) is 0 Å². The first kappa shape index (κ1) is 25.2. The van der Waals surface area contributed by atoms with Gasteiger partial charge in [-0.2, -0.15) is 0 Å². The zero-order chi connectivity index (χ0) is 26.4. The van der Waals surface area contributed by atoms with Gasteiger partial charge in [-0.1, -0.05) is 28.1 Å². The summed E-state index contributed by atoms with van der Waals surface area (Å²) in [4.78, 5) is 18.6. The number of benzene rings is 2. The third kappa shape index (κ3) is 4.45. The molecule has 2 aromatic heterocycles. The maximum atomic E-state index is 11.7. The van der Waals surface area contributed by atoms with Crippen molar-refractivity contribution in [3.63, 3.8) is 0 Å². The summed E-state index contributed by atoms with van der Waals surface area (Å²) >= 11 is 9.51. The minimum atomic E-state index is -0.943. The molecule has 2 aromatic carbocycles. The Morgan fingerprint density at radius 3 is 2.49 bits per heavy atom. The number of anilines is 1. The van der Waals surface area contributed by atoms with Gasteiger partial charge < -0.3 is 19.9 Å². The standard InChI is InChI=1S/C29H27BrN4O2S/c1-16-8-9-20(28(35)36)15-25(16)33-18(3)14-22(19(33)4)27-26(24-7-5-6-12-31-24)32-29(37)34(27)21-10-11-23(30)17(2)13-21/h5-15,26-27H,1-4H3,(H,32,37)(H,35,36)/t26-,27-/m1/s1. The summed E-state index contributed by atoms with van der Waals surface area (Å²) in [6, 6.07) is 19.2. The Kier molecular flexibility index (Phi) is 6.64. The number of carbonyl (C=O) groups is 1. The lowest BCUT2D eigenvalue weighted by Gasteiger charge is -2.28. The number of carboxylic acid groups (broad SMARTS) is 1. The highest BCUT2D eigenvalue weighted by molar-refractivity contribution is 9.10. The molecule has 2 N–H and O–H groups in total. The molecule has 1 aliphatic heterocycles. The number of aromatic nitrogens is 2. The van der Waals surface area contributed by atoms with Crippen molar-refractivity contribution in [2.24, 2.45) is 0 Å². The normalized spacial score (nSPS) is 17.2. The quantitative estimate of drug-likeness (QED) is 0.257. The van der Waals surface area contributed by atoms with Crippen LogP contribution < -0.4 is 10.2 Å². The largest absolute Gasteiger partial charge is 0.478 e. The van der Waals surface area contributed by atoms with Crippen LogP contribution in [0.15, 0.2) is 71.3 Å². The molecule has 0 radical (unpaired) electrons. The smallest absolute Gasteiger partial charge is 0.335 e. The number of hydrogen-bond donors (Lipinski definition) is 2. The molecule has 188 valence electrons. The van der Waals surface area contributed by atoms with E-state index in [4.69, 9.17) is 12.2 Å². The van der Waals surface area contributed by atoms with E-state index in [0.717, 1.165) is 49.6 Å². The second-order valence-electron chi connectivity index (χ2n) is 9.40. The summed E-state index contributed by atoms with van der Waals surface area (Å²) in [5.74, 6) is -0.943. The number of halogens is 1. The zero-order valence-corrected chi connectivity index (χ0v) is 23.4. The van der Waals surface area contributed by atoms with Gasteiger partial charge in [0.05, 0.1) is 23.3 Å². The fraction of sp³-hybridized carbons (Fsp3) is 0.207. The Balaban J connectivity index is 1.71. The number of rotatable bonds is 5. The van der Waals surface area contributed by atoms with Crippen LogP contribution in [0.5, 0.6) is 0 Å². The van der Waals surface area contributed by atoms with Gasteiger partial charge >= 0.3 is 5.97 Å². The molecule has 6 nitrogen and oxygen atoms in total. The number of aryl methyl sites for hydroxylation is 3. The number of nitrogens with zero attached hydrogens (tertiary/aromatic N) is 3. The third-order valence-electron chi connectivity index (χ3n) is 7.00. The van der Waals surface area contributed by atoms with Crippen LogP contribution in [0.2, 0.25) is 0 Å². The van der Waals surface area contributed by atoms with Crippen LogP contribution in [0, 0.1) is 27.7 Å². The first-order valence-corrected chi connectivity index (χ1v) is 13.2. The Morgan fingerprint density at radius 2 is 1.81 bits per heavy atom. The molecule has 8 heteroatoms. The molecular formula is C29H27BrN4O2S. The van der Waals surface area contributed by atoms with Crippen molar-refractivity contribution in [1.82, 2.24) is 14.9 Å². The second kappa shape index (κ2) is 9.76. The highest BCUT2D eigenvalue weighted by Crippen LogP contribution is 2.44. The lowest BCUT2D eigenvalue weighted by molar-refractivity contribution is 0.0697. The van der Waals surface area contributed by atoms with Crippen molar-refractivity contribution in [2.45, 2.75) is 39.8 Å². The second-order valence-corrected chi connectivity index (χ2v) is 10.6. The van der Waals surface area contributed by atoms with Crippen molar-refractivity contribution in [1.29, 1.82) is 0 Å². The summed E-state index contributed by atoms with van der Waals surface area (Å²) < 4.78 is 3.18. The van der Waals surface area contributed by atoms with E-state index in [0.29, 0.717) is 5.11 Å². The van der Waals surface area contributed by atoms with E-state index in [2.05, 4.69) is 67.7 Å². The number of pyridine rings is 1. The number of hydrogen-bond acceptors (Lipinski definition) is 3. The predicted molar refractivity (Wildman–Crippen MR) is 154 cm³/mol. The number of thiocarbonyl (C=S) groups is 1. The Labute approximate surface area is 230 Å². The minimum absolute atomic E-state index is 0.161. The van der Waals surface area contributed by atoms with Gasteiger partial charge in [0.1, 0.15) is 0 Å². The summed E-state index contributed by atoms with van der Waals surface area (Å²) in [5, 5.41) is 13.8. The molecule has 2 atom stereocenters. The summed E-state index contributed by atoms with van der Waals surface area (Å²) in [5.41, 5.74) is 8.28. The molecule has 0 spiro atoms. The highest BCUT2D eigenvalue weighted by Gasteiger charge is 2.42. The molecule has 5 rings (SSSR count). The van der Waals surface area contributed by atoms with Crippen molar-refractivity contribution in [3.8, 4) is 5.69 Å². The molecule has 1 fully saturated rings. The van der Waals surface area contributed by atoms with Crippen LogP contribution in [-0.2, 0) is 0 Å². The Hall–Kier alpha value is -3.49. The molecule has 3 heterocycles. The molecule has 0 aliphatic carbocycles. The van der Waals surface area contributed by atoms with Crippen LogP contribution in [0.1, 0.15) is 56.2 Å². The molecule has 1 aliphatic rings. The minimum Gasteiger partial charge on any atom is -0.478 e. The van der Waals surface area contributed by atoms with E-state index in [1.807, 2.05) is 44.2 Å². The molecule has 1 saturated heterocycles.